The van der Waals surface area contributed by atoms with Crippen LogP contribution in [0.1, 0.15) is 36.4 Å². The van der Waals surface area contributed by atoms with E-state index in [1.807, 2.05) is 13.0 Å². The van der Waals surface area contributed by atoms with Crippen molar-refractivity contribution in [3.05, 3.63) is 29.3 Å². The first-order valence-corrected chi connectivity index (χ1v) is 5.31. The number of piperidine rings is 1. The van der Waals surface area contributed by atoms with Gasteiger partial charge < -0.3 is 10.4 Å². The second-order valence-electron chi connectivity index (χ2n) is 3.99. The van der Waals surface area contributed by atoms with E-state index in [9.17, 15) is 5.11 Å². The molecule has 0 bridgehead atoms. The van der Waals surface area contributed by atoms with Crippen LogP contribution in [0.15, 0.2) is 18.2 Å². The number of hydrogen-bond donors (Lipinski definition) is 2. The predicted molar refractivity (Wildman–Crippen MR) is 57.4 cm³/mol. The van der Waals surface area contributed by atoms with Crippen LogP contribution < -0.4 is 5.32 Å². The summed E-state index contributed by atoms with van der Waals surface area (Å²) in [5.41, 5.74) is 2.27. The molecule has 1 heterocycles. The Hall–Kier alpha value is -1.02. The first-order valence-electron chi connectivity index (χ1n) is 5.31. The summed E-state index contributed by atoms with van der Waals surface area (Å²) in [4.78, 5) is 0. The smallest absolute Gasteiger partial charge is 0.118 e. The molecular weight excluding hydrogens is 174 g/mol. The Kier molecular flexibility index (Phi) is 2.73. The van der Waals surface area contributed by atoms with E-state index in [2.05, 4.69) is 11.4 Å². The quantitative estimate of drug-likeness (QED) is 0.715. The Morgan fingerprint density at radius 1 is 1.36 bits per heavy atom. The maximum atomic E-state index is 9.60. The fraction of sp³-hybridized carbons (Fsp3) is 0.500. The van der Waals surface area contributed by atoms with Gasteiger partial charge in [-0.3, -0.25) is 0 Å². The van der Waals surface area contributed by atoms with Gasteiger partial charge in [0.15, 0.2) is 0 Å². The number of phenolic OH excluding ortho intramolecular Hbond substituents is 1. The number of phenols is 1. The molecule has 0 spiro atoms. The third kappa shape index (κ3) is 1.75. The van der Waals surface area contributed by atoms with Crippen molar-refractivity contribution in [1.82, 2.24) is 5.32 Å². The van der Waals surface area contributed by atoms with Crippen LogP contribution in [-0.2, 0) is 0 Å². The zero-order chi connectivity index (χ0) is 9.97. The molecule has 1 aromatic rings. The molecule has 0 saturated carbocycles. The monoisotopic (exact) mass is 191 g/mol. The molecule has 0 aliphatic carbocycles. The molecule has 1 aromatic carbocycles. The van der Waals surface area contributed by atoms with Crippen LogP contribution in [0.4, 0.5) is 0 Å². The van der Waals surface area contributed by atoms with Crippen molar-refractivity contribution in [2.45, 2.75) is 32.2 Å². The minimum atomic E-state index is 0.412. The predicted octanol–water partition coefficient (Wildman–Crippen LogP) is 2.52. The SMILES string of the molecule is Cc1c(O)cccc1C1CCCCN1. The highest BCUT2D eigenvalue weighted by molar-refractivity contribution is 5.39. The summed E-state index contributed by atoms with van der Waals surface area (Å²) in [6, 6.07) is 6.23. The maximum Gasteiger partial charge on any atom is 0.118 e. The first-order chi connectivity index (χ1) is 6.79. The molecule has 14 heavy (non-hydrogen) atoms. The average molecular weight is 191 g/mol. The van der Waals surface area contributed by atoms with E-state index in [4.69, 9.17) is 0 Å². The van der Waals surface area contributed by atoms with E-state index in [1.165, 1.54) is 24.8 Å². The minimum absolute atomic E-state index is 0.412. The second-order valence-corrected chi connectivity index (χ2v) is 3.99. The average Bonchev–Trinajstić information content (AvgIpc) is 2.23. The van der Waals surface area contributed by atoms with Gasteiger partial charge in [-0.1, -0.05) is 18.6 Å². The largest absolute Gasteiger partial charge is 0.508 e. The molecule has 1 aliphatic rings. The molecule has 1 aliphatic heterocycles. The maximum absolute atomic E-state index is 9.60. The molecule has 1 unspecified atom stereocenters. The van der Waals surface area contributed by atoms with Gasteiger partial charge >= 0.3 is 0 Å². The molecule has 2 heteroatoms. The molecule has 1 saturated heterocycles. The van der Waals surface area contributed by atoms with E-state index >= 15 is 0 Å². The third-order valence-corrected chi connectivity index (χ3v) is 3.03. The Labute approximate surface area is 85.0 Å². The highest BCUT2D eigenvalue weighted by Crippen LogP contribution is 2.29. The van der Waals surface area contributed by atoms with Gasteiger partial charge in [0.2, 0.25) is 0 Å². The molecule has 0 radical (unpaired) electrons. The second kappa shape index (κ2) is 4.01. The molecule has 0 amide bonds. The summed E-state index contributed by atoms with van der Waals surface area (Å²) in [6.45, 7) is 3.08. The highest BCUT2D eigenvalue weighted by atomic mass is 16.3. The first kappa shape index (κ1) is 9.53. The summed E-state index contributed by atoms with van der Waals surface area (Å²) >= 11 is 0. The van der Waals surface area contributed by atoms with Crippen LogP contribution in [0.5, 0.6) is 5.75 Å². The number of hydrogen-bond acceptors (Lipinski definition) is 2. The zero-order valence-corrected chi connectivity index (χ0v) is 8.59. The normalized spacial score (nSPS) is 22.2. The number of nitrogens with one attached hydrogen (secondary N) is 1. The summed E-state index contributed by atoms with van der Waals surface area (Å²) in [5.74, 6) is 0.412. The standard InChI is InChI=1S/C12H17NO/c1-9-10(5-4-7-12(9)14)11-6-2-3-8-13-11/h4-5,7,11,13-14H,2-3,6,8H2,1H3. The lowest BCUT2D eigenvalue weighted by molar-refractivity contribution is 0.407. The molecule has 1 atom stereocenters. The van der Waals surface area contributed by atoms with Crippen molar-refractivity contribution in [2.24, 2.45) is 0 Å². The summed E-state index contributed by atoms with van der Waals surface area (Å²) in [5, 5.41) is 13.1. The third-order valence-electron chi connectivity index (χ3n) is 3.03. The van der Waals surface area contributed by atoms with Crippen LogP contribution in [0.25, 0.3) is 0 Å². The fourth-order valence-corrected chi connectivity index (χ4v) is 2.14. The van der Waals surface area contributed by atoms with E-state index in [1.54, 1.807) is 6.07 Å². The van der Waals surface area contributed by atoms with Crippen molar-refractivity contribution in [2.75, 3.05) is 6.54 Å². The van der Waals surface area contributed by atoms with Gasteiger partial charge in [-0.25, -0.2) is 0 Å². The van der Waals surface area contributed by atoms with Crippen molar-refractivity contribution in [3.8, 4) is 5.75 Å². The molecule has 2 rings (SSSR count). The van der Waals surface area contributed by atoms with Crippen molar-refractivity contribution < 1.29 is 5.11 Å². The molecule has 0 aromatic heterocycles. The van der Waals surface area contributed by atoms with Crippen LogP contribution in [0.2, 0.25) is 0 Å². The molecule has 76 valence electrons. The van der Waals surface area contributed by atoms with E-state index < -0.39 is 0 Å². The Morgan fingerprint density at radius 3 is 2.93 bits per heavy atom. The molecule has 2 N–H and O–H groups in total. The summed E-state index contributed by atoms with van der Waals surface area (Å²) in [6.07, 6.45) is 3.74. The Morgan fingerprint density at radius 2 is 2.21 bits per heavy atom. The van der Waals surface area contributed by atoms with Crippen molar-refractivity contribution >= 4 is 0 Å². The lowest BCUT2D eigenvalue weighted by Crippen LogP contribution is -2.27. The van der Waals surface area contributed by atoms with Crippen molar-refractivity contribution in [1.29, 1.82) is 0 Å². The fourth-order valence-electron chi connectivity index (χ4n) is 2.14. The van der Waals surface area contributed by atoms with E-state index in [0.29, 0.717) is 11.8 Å². The molecular formula is C12H17NO. The van der Waals surface area contributed by atoms with Gasteiger partial charge in [-0.15, -0.1) is 0 Å². The number of aromatic hydroxyl groups is 1. The number of benzene rings is 1. The van der Waals surface area contributed by atoms with Gasteiger partial charge in [0.25, 0.3) is 0 Å². The Balaban J connectivity index is 2.26. The van der Waals surface area contributed by atoms with E-state index in [-0.39, 0.29) is 0 Å². The highest BCUT2D eigenvalue weighted by Gasteiger charge is 2.17. The number of rotatable bonds is 1. The lowest BCUT2D eigenvalue weighted by Gasteiger charge is -2.25. The summed E-state index contributed by atoms with van der Waals surface area (Å²) in [7, 11) is 0. The van der Waals surface area contributed by atoms with Gasteiger partial charge in [-0.05, 0) is 43.5 Å². The van der Waals surface area contributed by atoms with Crippen LogP contribution in [0, 0.1) is 6.92 Å². The minimum Gasteiger partial charge on any atom is -0.508 e. The van der Waals surface area contributed by atoms with Crippen molar-refractivity contribution in [3.63, 3.8) is 0 Å². The zero-order valence-electron chi connectivity index (χ0n) is 8.59. The van der Waals surface area contributed by atoms with Crippen LogP contribution >= 0.6 is 0 Å². The van der Waals surface area contributed by atoms with Gasteiger partial charge in [0, 0.05) is 6.04 Å². The Bertz CT molecular complexity index is 316. The molecule has 1 fully saturated rings. The summed E-state index contributed by atoms with van der Waals surface area (Å²) < 4.78 is 0. The van der Waals surface area contributed by atoms with Crippen LogP contribution in [-0.4, -0.2) is 11.7 Å². The van der Waals surface area contributed by atoms with Crippen LogP contribution in [0.3, 0.4) is 0 Å². The van der Waals surface area contributed by atoms with Gasteiger partial charge in [0.05, 0.1) is 0 Å². The lowest BCUT2D eigenvalue weighted by atomic mass is 9.94. The molecule has 2 nitrogen and oxygen atoms in total. The van der Waals surface area contributed by atoms with Gasteiger partial charge in [0.1, 0.15) is 5.75 Å². The van der Waals surface area contributed by atoms with E-state index in [0.717, 1.165) is 12.1 Å². The van der Waals surface area contributed by atoms with Gasteiger partial charge in [-0.2, -0.15) is 0 Å². The topological polar surface area (TPSA) is 32.3 Å².